The Morgan fingerprint density at radius 1 is 1.03 bits per heavy atom. The molecule has 2 heterocycles. The van der Waals surface area contributed by atoms with Crippen LogP contribution >= 0.6 is 11.6 Å². The summed E-state index contributed by atoms with van der Waals surface area (Å²) in [5.41, 5.74) is 4.34. The maximum absolute atomic E-state index is 13.1. The van der Waals surface area contributed by atoms with Gasteiger partial charge in [-0.15, -0.1) is 0 Å². The summed E-state index contributed by atoms with van der Waals surface area (Å²) in [6.45, 7) is 3.64. The Morgan fingerprint density at radius 3 is 2.30 bits per heavy atom. The van der Waals surface area contributed by atoms with Gasteiger partial charge in [0.15, 0.2) is 11.6 Å². The van der Waals surface area contributed by atoms with Gasteiger partial charge in [-0.1, -0.05) is 17.7 Å². The number of alkyl halides is 3. The lowest BCUT2D eigenvalue weighted by atomic mass is 10.1. The number of aromatic amines is 1. The van der Waals surface area contributed by atoms with Gasteiger partial charge in [0.25, 0.3) is 0 Å². The summed E-state index contributed by atoms with van der Waals surface area (Å²) >= 11 is 5.64. The van der Waals surface area contributed by atoms with Crippen molar-refractivity contribution in [3.63, 3.8) is 0 Å². The standard InChI is InChI=1S/C23H20ClF3N8O2/c1-12-3-4-15(31-22(37)30-14-5-6-18(24)17(8-14)23(25,26)27)9-19(12)35(21-28-10-16(36)11-29-21)34-20-7-13(2)32-33-20/h3-11,36H,1-2H3,(H2,30,31,37)(H2,32,33,34). The quantitative estimate of drug-likeness (QED) is 0.192. The van der Waals surface area contributed by atoms with Gasteiger partial charge in [-0.05, 0) is 49.7 Å². The van der Waals surface area contributed by atoms with Crippen molar-refractivity contribution in [2.45, 2.75) is 20.0 Å². The maximum Gasteiger partial charge on any atom is 0.417 e. The SMILES string of the molecule is Cc1cc(NN(c2ncc(O)cn2)c2cc(NC(=O)Nc3ccc(Cl)c(C(F)(F)F)c3)ccc2C)n[nH]1. The van der Waals surface area contributed by atoms with E-state index in [1.165, 1.54) is 23.5 Å². The Kier molecular flexibility index (Phi) is 7.07. The van der Waals surface area contributed by atoms with Gasteiger partial charge in [0.1, 0.15) is 0 Å². The van der Waals surface area contributed by atoms with E-state index in [0.29, 0.717) is 17.2 Å². The molecule has 0 fully saturated rings. The van der Waals surface area contributed by atoms with E-state index < -0.39 is 22.8 Å². The Morgan fingerprint density at radius 2 is 1.68 bits per heavy atom. The number of rotatable bonds is 6. The van der Waals surface area contributed by atoms with Crippen molar-refractivity contribution in [3.8, 4) is 5.75 Å². The lowest BCUT2D eigenvalue weighted by Gasteiger charge is -2.25. The molecule has 37 heavy (non-hydrogen) atoms. The normalized spacial score (nSPS) is 11.2. The smallest absolute Gasteiger partial charge is 0.417 e. The number of urea groups is 1. The predicted octanol–water partition coefficient (Wildman–Crippen LogP) is 6.00. The molecule has 14 heteroatoms. The highest BCUT2D eigenvalue weighted by molar-refractivity contribution is 6.31. The number of nitrogens with one attached hydrogen (secondary N) is 4. The first-order chi connectivity index (χ1) is 17.5. The number of aryl methyl sites for hydroxylation is 2. The first-order valence-corrected chi connectivity index (χ1v) is 11.0. The Bertz CT molecular complexity index is 1430. The van der Waals surface area contributed by atoms with Gasteiger partial charge in [-0.3, -0.25) is 10.5 Å². The molecule has 0 aliphatic carbocycles. The molecule has 4 rings (SSSR count). The molecule has 0 unspecified atom stereocenters. The number of aromatic nitrogens is 4. The second-order valence-electron chi connectivity index (χ2n) is 7.90. The minimum absolute atomic E-state index is 0.0868. The van der Waals surface area contributed by atoms with Crippen molar-refractivity contribution < 1.29 is 23.1 Å². The Hall–Kier alpha value is -4.52. The zero-order valence-corrected chi connectivity index (χ0v) is 20.1. The third-order valence-corrected chi connectivity index (χ3v) is 5.32. The van der Waals surface area contributed by atoms with E-state index in [1.807, 2.05) is 13.8 Å². The van der Waals surface area contributed by atoms with Crippen LogP contribution in [0, 0.1) is 13.8 Å². The Balaban J connectivity index is 1.59. The topological polar surface area (TPSA) is 131 Å². The molecule has 0 spiro atoms. The summed E-state index contributed by atoms with van der Waals surface area (Å²) in [7, 11) is 0. The number of halogens is 4. The van der Waals surface area contributed by atoms with Gasteiger partial charge in [0, 0.05) is 23.1 Å². The van der Waals surface area contributed by atoms with Crippen LogP contribution in [0.1, 0.15) is 16.8 Å². The summed E-state index contributed by atoms with van der Waals surface area (Å²) in [6, 6.07) is 9.01. The second-order valence-corrected chi connectivity index (χ2v) is 8.30. The van der Waals surface area contributed by atoms with Gasteiger partial charge in [-0.25, -0.2) is 19.8 Å². The molecule has 4 aromatic rings. The predicted molar refractivity (Wildman–Crippen MR) is 133 cm³/mol. The van der Waals surface area contributed by atoms with Gasteiger partial charge >= 0.3 is 12.2 Å². The van der Waals surface area contributed by atoms with Crippen molar-refractivity contribution in [1.82, 2.24) is 20.2 Å². The summed E-state index contributed by atoms with van der Waals surface area (Å²) < 4.78 is 39.4. The fourth-order valence-electron chi connectivity index (χ4n) is 3.28. The lowest BCUT2D eigenvalue weighted by Crippen LogP contribution is -2.27. The van der Waals surface area contributed by atoms with Crippen molar-refractivity contribution in [3.05, 3.63) is 76.7 Å². The van der Waals surface area contributed by atoms with E-state index in [9.17, 15) is 23.1 Å². The van der Waals surface area contributed by atoms with Crippen molar-refractivity contribution in [1.29, 1.82) is 0 Å². The molecule has 10 nitrogen and oxygen atoms in total. The fourth-order valence-corrected chi connectivity index (χ4v) is 3.50. The summed E-state index contributed by atoms with van der Waals surface area (Å²) in [4.78, 5) is 20.8. The molecular formula is C23H20ClF3N8O2. The number of nitrogens with zero attached hydrogens (tertiary/aromatic N) is 4. The van der Waals surface area contributed by atoms with Crippen LogP contribution in [0.2, 0.25) is 5.02 Å². The van der Waals surface area contributed by atoms with Crippen molar-refractivity contribution in [2.24, 2.45) is 0 Å². The lowest BCUT2D eigenvalue weighted by molar-refractivity contribution is -0.137. The number of anilines is 5. The average molecular weight is 533 g/mol. The third-order valence-electron chi connectivity index (χ3n) is 4.99. The minimum Gasteiger partial charge on any atom is -0.505 e. The van der Waals surface area contributed by atoms with Crippen LogP contribution in [0.5, 0.6) is 5.75 Å². The van der Waals surface area contributed by atoms with Gasteiger partial charge in [0.05, 0.1) is 28.7 Å². The van der Waals surface area contributed by atoms with E-state index in [1.54, 1.807) is 24.3 Å². The van der Waals surface area contributed by atoms with Crippen LogP contribution in [0.4, 0.5) is 46.8 Å². The molecule has 5 N–H and O–H groups in total. The molecule has 0 aliphatic heterocycles. The molecule has 2 aromatic heterocycles. The van der Waals surface area contributed by atoms with Crippen LogP contribution in [0.3, 0.4) is 0 Å². The molecule has 0 aliphatic rings. The summed E-state index contributed by atoms with van der Waals surface area (Å²) in [6.07, 6.45) is -2.23. The molecule has 2 amide bonds. The molecule has 0 saturated carbocycles. The van der Waals surface area contributed by atoms with Crippen molar-refractivity contribution >= 4 is 46.5 Å². The van der Waals surface area contributed by atoms with Crippen LogP contribution in [0.25, 0.3) is 0 Å². The summed E-state index contributed by atoms with van der Waals surface area (Å²) in [5.74, 6) is 0.496. The highest BCUT2D eigenvalue weighted by atomic mass is 35.5. The number of amides is 2. The number of benzene rings is 2. The largest absolute Gasteiger partial charge is 0.505 e. The molecule has 0 radical (unpaired) electrons. The van der Waals surface area contributed by atoms with Crippen LogP contribution in [0.15, 0.2) is 54.9 Å². The minimum atomic E-state index is -4.67. The number of carbonyl (C=O) groups excluding carboxylic acids is 1. The number of aromatic hydroxyl groups is 1. The van der Waals surface area contributed by atoms with E-state index in [4.69, 9.17) is 11.6 Å². The molecule has 2 aromatic carbocycles. The summed E-state index contributed by atoms with van der Waals surface area (Å²) in [5, 5.41) is 22.5. The molecule has 0 saturated heterocycles. The highest BCUT2D eigenvalue weighted by Gasteiger charge is 2.33. The van der Waals surface area contributed by atoms with Crippen LogP contribution in [-0.2, 0) is 6.18 Å². The van der Waals surface area contributed by atoms with Gasteiger partial charge < -0.3 is 15.7 Å². The van der Waals surface area contributed by atoms with Crippen molar-refractivity contribution in [2.75, 3.05) is 21.1 Å². The third kappa shape index (κ3) is 6.19. The monoisotopic (exact) mass is 532 g/mol. The fraction of sp³-hybridized carbons (Fsp3) is 0.130. The van der Waals surface area contributed by atoms with E-state index in [0.717, 1.165) is 23.4 Å². The van der Waals surface area contributed by atoms with Gasteiger partial charge in [-0.2, -0.15) is 18.3 Å². The first kappa shape index (κ1) is 25.6. The number of hydrogen-bond donors (Lipinski definition) is 5. The second kappa shape index (κ2) is 10.2. The van der Waals surface area contributed by atoms with Crippen LogP contribution in [-0.4, -0.2) is 31.3 Å². The maximum atomic E-state index is 13.1. The van der Waals surface area contributed by atoms with E-state index >= 15 is 0 Å². The zero-order chi connectivity index (χ0) is 26.7. The molecule has 192 valence electrons. The average Bonchev–Trinajstić information content (AvgIpc) is 3.25. The number of H-pyrrole nitrogens is 1. The van der Waals surface area contributed by atoms with Gasteiger partial charge in [0.2, 0.25) is 5.95 Å². The van der Waals surface area contributed by atoms with Crippen LogP contribution < -0.4 is 21.1 Å². The number of carbonyl (C=O) groups is 1. The molecular weight excluding hydrogens is 513 g/mol. The zero-order valence-electron chi connectivity index (χ0n) is 19.4. The van der Waals surface area contributed by atoms with E-state index in [-0.39, 0.29) is 17.4 Å². The first-order valence-electron chi connectivity index (χ1n) is 10.6. The molecule has 0 atom stereocenters. The Labute approximate surface area is 213 Å². The molecule has 0 bridgehead atoms. The number of hydrazine groups is 1. The van der Waals surface area contributed by atoms with E-state index in [2.05, 4.69) is 36.2 Å². The highest BCUT2D eigenvalue weighted by Crippen LogP contribution is 2.36. The number of hydrogen-bond acceptors (Lipinski definition) is 7.